The molecule has 0 bridgehead atoms. The van der Waals surface area contributed by atoms with Crippen LogP contribution in [0.25, 0.3) is 0 Å². The average Bonchev–Trinajstić information content (AvgIpc) is 2.33. The van der Waals surface area contributed by atoms with Gasteiger partial charge >= 0.3 is 0 Å². The summed E-state index contributed by atoms with van der Waals surface area (Å²) >= 11 is 6.02. The van der Waals surface area contributed by atoms with Crippen molar-refractivity contribution >= 4 is 23.2 Å². The Morgan fingerprint density at radius 1 is 1.38 bits per heavy atom. The highest BCUT2D eigenvalue weighted by molar-refractivity contribution is 6.36. The molecule has 0 aliphatic carbocycles. The predicted octanol–water partition coefficient (Wildman–Crippen LogP) is 2.32. The summed E-state index contributed by atoms with van der Waals surface area (Å²) in [6.45, 7) is 1.38. The summed E-state index contributed by atoms with van der Waals surface area (Å²) in [5.74, 6) is -0.0540. The summed E-state index contributed by atoms with van der Waals surface area (Å²) in [7, 11) is 0. The fourth-order valence-electron chi connectivity index (χ4n) is 1.71. The number of nitrogens with zero attached hydrogens (tertiary/aromatic N) is 1. The predicted molar refractivity (Wildman–Crippen MR) is 65.5 cm³/mol. The number of hydrogen-bond acceptors (Lipinski definition) is 2. The molecule has 1 amide bonds. The number of carbonyl (C=O) groups excluding carboxylic acids is 1. The van der Waals surface area contributed by atoms with Crippen LogP contribution < -0.4 is 5.73 Å². The minimum Gasteiger partial charge on any atom is -0.398 e. The third-order valence-electron chi connectivity index (χ3n) is 2.60. The molecule has 0 atom stereocenters. The van der Waals surface area contributed by atoms with E-state index in [0.29, 0.717) is 22.8 Å². The van der Waals surface area contributed by atoms with E-state index >= 15 is 0 Å². The van der Waals surface area contributed by atoms with Gasteiger partial charge < -0.3 is 10.6 Å². The molecule has 84 valence electrons. The molecule has 0 fully saturated rings. The van der Waals surface area contributed by atoms with Gasteiger partial charge in [-0.05, 0) is 18.6 Å². The van der Waals surface area contributed by atoms with E-state index in [4.69, 9.17) is 17.3 Å². The van der Waals surface area contributed by atoms with E-state index in [1.807, 2.05) is 6.08 Å². The highest BCUT2D eigenvalue weighted by Crippen LogP contribution is 2.24. The Hall–Kier alpha value is -1.48. The van der Waals surface area contributed by atoms with Crippen molar-refractivity contribution in [1.29, 1.82) is 0 Å². The molecule has 16 heavy (non-hydrogen) atoms. The second-order valence-electron chi connectivity index (χ2n) is 3.72. The molecule has 0 saturated heterocycles. The third kappa shape index (κ3) is 2.04. The summed E-state index contributed by atoms with van der Waals surface area (Å²) in [5.41, 5.74) is 6.60. The van der Waals surface area contributed by atoms with Gasteiger partial charge in [0.25, 0.3) is 5.91 Å². The van der Waals surface area contributed by atoms with E-state index < -0.39 is 0 Å². The van der Waals surface area contributed by atoms with Gasteiger partial charge in [0.2, 0.25) is 0 Å². The Labute approximate surface area is 99.5 Å². The maximum Gasteiger partial charge on any atom is 0.255 e. The molecule has 1 aromatic rings. The fourth-order valence-corrected chi connectivity index (χ4v) is 1.92. The first kappa shape index (κ1) is 11.0. The van der Waals surface area contributed by atoms with Gasteiger partial charge in [0.1, 0.15) is 0 Å². The summed E-state index contributed by atoms with van der Waals surface area (Å²) in [5, 5.41) is 0.349. The summed E-state index contributed by atoms with van der Waals surface area (Å²) in [6.07, 6.45) is 4.96. The number of benzene rings is 1. The largest absolute Gasteiger partial charge is 0.398 e. The molecule has 1 aromatic carbocycles. The Bertz CT molecular complexity index is 443. The monoisotopic (exact) mass is 236 g/mol. The van der Waals surface area contributed by atoms with Gasteiger partial charge in [-0.3, -0.25) is 4.79 Å². The molecule has 2 rings (SSSR count). The average molecular weight is 237 g/mol. The molecule has 2 N–H and O–H groups in total. The lowest BCUT2D eigenvalue weighted by Gasteiger charge is -2.24. The molecule has 0 radical (unpaired) electrons. The van der Waals surface area contributed by atoms with Gasteiger partial charge in [-0.1, -0.05) is 29.8 Å². The zero-order valence-electron chi connectivity index (χ0n) is 8.82. The topological polar surface area (TPSA) is 46.3 Å². The van der Waals surface area contributed by atoms with Crippen LogP contribution in [0.2, 0.25) is 5.02 Å². The van der Waals surface area contributed by atoms with Crippen molar-refractivity contribution in [2.45, 2.75) is 6.42 Å². The van der Waals surface area contributed by atoms with Crippen LogP contribution in [-0.4, -0.2) is 23.9 Å². The first-order chi connectivity index (χ1) is 7.70. The quantitative estimate of drug-likeness (QED) is 0.601. The molecule has 4 heteroatoms. The van der Waals surface area contributed by atoms with E-state index in [9.17, 15) is 4.79 Å². The molecule has 3 nitrogen and oxygen atoms in total. The molecule has 1 heterocycles. The van der Waals surface area contributed by atoms with Gasteiger partial charge in [-0.2, -0.15) is 0 Å². The summed E-state index contributed by atoms with van der Waals surface area (Å²) < 4.78 is 0. The number of rotatable bonds is 1. The zero-order valence-corrected chi connectivity index (χ0v) is 9.57. The fraction of sp³-hybridized carbons (Fsp3) is 0.250. The van der Waals surface area contributed by atoms with Crippen LogP contribution in [0.15, 0.2) is 30.4 Å². The van der Waals surface area contributed by atoms with Crippen LogP contribution in [0.4, 0.5) is 5.69 Å². The summed E-state index contributed by atoms with van der Waals surface area (Å²) in [4.78, 5) is 13.9. The molecule has 0 saturated carbocycles. The standard InChI is InChI=1S/C12H13ClN2O/c13-11-9(5-4-6-10(11)14)12(16)15-7-2-1-3-8-15/h1-2,4-6H,3,7-8,14H2. The Balaban J connectivity index is 2.26. The number of anilines is 1. The van der Waals surface area contributed by atoms with Crippen LogP contribution in [0.1, 0.15) is 16.8 Å². The molecule has 0 spiro atoms. The normalized spacial score (nSPS) is 15.2. The number of amides is 1. The van der Waals surface area contributed by atoms with Crippen molar-refractivity contribution in [2.24, 2.45) is 0 Å². The Morgan fingerprint density at radius 3 is 2.88 bits per heavy atom. The van der Waals surface area contributed by atoms with Gasteiger partial charge in [0, 0.05) is 13.1 Å². The lowest BCUT2D eigenvalue weighted by atomic mass is 10.1. The second-order valence-corrected chi connectivity index (χ2v) is 4.10. The van der Waals surface area contributed by atoms with Gasteiger partial charge in [0.15, 0.2) is 0 Å². The molecule has 0 unspecified atom stereocenters. The molecule has 1 aliphatic rings. The highest BCUT2D eigenvalue weighted by atomic mass is 35.5. The zero-order chi connectivity index (χ0) is 11.5. The number of nitrogen functional groups attached to an aromatic ring is 1. The van der Waals surface area contributed by atoms with Crippen molar-refractivity contribution < 1.29 is 4.79 Å². The van der Waals surface area contributed by atoms with E-state index in [1.165, 1.54) is 0 Å². The van der Waals surface area contributed by atoms with E-state index in [1.54, 1.807) is 23.1 Å². The van der Waals surface area contributed by atoms with E-state index in [-0.39, 0.29) is 5.91 Å². The first-order valence-corrected chi connectivity index (χ1v) is 5.56. The van der Waals surface area contributed by atoms with Crippen molar-refractivity contribution in [3.63, 3.8) is 0 Å². The summed E-state index contributed by atoms with van der Waals surface area (Å²) in [6, 6.07) is 5.14. The molecular formula is C12H13ClN2O. The molecule has 1 aliphatic heterocycles. The first-order valence-electron chi connectivity index (χ1n) is 5.18. The molecular weight excluding hydrogens is 224 g/mol. The van der Waals surface area contributed by atoms with Crippen molar-refractivity contribution in [1.82, 2.24) is 4.90 Å². The van der Waals surface area contributed by atoms with Gasteiger partial charge in [0.05, 0.1) is 16.3 Å². The highest BCUT2D eigenvalue weighted by Gasteiger charge is 2.19. The van der Waals surface area contributed by atoms with Crippen LogP contribution in [0.5, 0.6) is 0 Å². The van der Waals surface area contributed by atoms with Crippen molar-refractivity contribution in [3.8, 4) is 0 Å². The Kier molecular flexibility index (Phi) is 3.15. The van der Waals surface area contributed by atoms with Crippen molar-refractivity contribution in [3.05, 3.63) is 40.9 Å². The lowest BCUT2D eigenvalue weighted by molar-refractivity contribution is 0.0771. The van der Waals surface area contributed by atoms with Crippen molar-refractivity contribution in [2.75, 3.05) is 18.8 Å². The van der Waals surface area contributed by atoms with Crippen LogP contribution in [0.3, 0.4) is 0 Å². The maximum atomic E-state index is 12.1. The van der Waals surface area contributed by atoms with E-state index in [2.05, 4.69) is 6.08 Å². The minimum absolute atomic E-state index is 0.0540. The number of hydrogen-bond donors (Lipinski definition) is 1. The second kappa shape index (κ2) is 4.58. The van der Waals surface area contributed by atoms with E-state index in [0.717, 1.165) is 13.0 Å². The number of carbonyl (C=O) groups is 1. The van der Waals surface area contributed by atoms with Crippen LogP contribution in [-0.2, 0) is 0 Å². The Morgan fingerprint density at radius 2 is 2.19 bits per heavy atom. The smallest absolute Gasteiger partial charge is 0.255 e. The van der Waals surface area contributed by atoms with Gasteiger partial charge in [-0.25, -0.2) is 0 Å². The lowest BCUT2D eigenvalue weighted by Crippen LogP contribution is -2.33. The minimum atomic E-state index is -0.0540. The maximum absolute atomic E-state index is 12.1. The number of nitrogens with two attached hydrogens (primary N) is 1. The molecule has 0 aromatic heterocycles. The number of halogens is 1. The van der Waals surface area contributed by atoms with Gasteiger partial charge in [-0.15, -0.1) is 0 Å². The van der Waals surface area contributed by atoms with Crippen LogP contribution in [0, 0.1) is 0 Å². The third-order valence-corrected chi connectivity index (χ3v) is 3.03. The van der Waals surface area contributed by atoms with Crippen LogP contribution >= 0.6 is 11.6 Å². The SMILES string of the molecule is Nc1cccc(C(=O)N2CC=CCC2)c1Cl.